The van der Waals surface area contributed by atoms with Gasteiger partial charge in [0.1, 0.15) is 0 Å². The van der Waals surface area contributed by atoms with Gasteiger partial charge in [0.25, 0.3) is 5.91 Å². The second-order valence-corrected chi connectivity index (χ2v) is 5.87. The molecule has 0 bridgehead atoms. The third kappa shape index (κ3) is 2.69. The van der Waals surface area contributed by atoms with Gasteiger partial charge in [-0.05, 0) is 36.4 Å². The molecular formula is C19H18N2O3. The van der Waals surface area contributed by atoms with Crippen LogP contribution >= 0.6 is 0 Å². The summed E-state index contributed by atoms with van der Waals surface area (Å²) in [5.41, 5.74) is 2.42. The molecule has 122 valence electrons. The molecule has 1 aromatic heterocycles. The van der Waals surface area contributed by atoms with Gasteiger partial charge in [-0.3, -0.25) is 4.79 Å². The summed E-state index contributed by atoms with van der Waals surface area (Å²) in [5.74, 6) is 1.25. The molecule has 0 saturated carbocycles. The highest BCUT2D eigenvalue weighted by molar-refractivity contribution is 6.06. The molecule has 1 aliphatic rings. The van der Waals surface area contributed by atoms with E-state index in [1.807, 2.05) is 54.2 Å². The van der Waals surface area contributed by atoms with Gasteiger partial charge in [-0.2, -0.15) is 0 Å². The first-order valence-electron chi connectivity index (χ1n) is 7.97. The summed E-state index contributed by atoms with van der Waals surface area (Å²) in [6, 6.07) is 13.1. The maximum Gasteiger partial charge on any atom is 0.255 e. The van der Waals surface area contributed by atoms with Crippen molar-refractivity contribution in [2.45, 2.75) is 6.42 Å². The molecule has 3 aromatic rings. The SMILES string of the molecule is Cn1ccc2cc(C(=O)Nc3ccc4c(c3)OCCCO4)ccc21. The molecule has 0 atom stereocenters. The largest absolute Gasteiger partial charge is 0.490 e. The van der Waals surface area contributed by atoms with E-state index in [1.165, 1.54) is 0 Å². The van der Waals surface area contributed by atoms with Gasteiger partial charge < -0.3 is 19.4 Å². The highest BCUT2D eigenvalue weighted by Gasteiger charge is 2.13. The number of fused-ring (bicyclic) bond motifs is 2. The molecule has 1 N–H and O–H groups in total. The van der Waals surface area contributed by atoms with E-state index in [1.54, 1.807) is 6.07 Å². The number of carbonyl (C=O) groups excluding carboxylic acids is 1. The zero-order chi connectivity index (χ0) is 16.5. The Morgan fingerprint density at radius 2 is 1.88 bits per heavy atom. The third-order valence-corrected chi connectivity index (χ3v) is 4.15. The monoisotopic (exact) mass is 322 g/mol. The van der Waals surface area contributed by atoms with Crippen LogP contribution in [-0.2, 0) is 7.05 Å². The molecular weight excluding hydrogens is 304 g/mol. The van der Waals surface area contributed by atoms with Gasteiger partial charge in [0.05, 0.1) is 13.2 Å². The molecule has 0 aliphatic carbocycles. The average molecular weight is 322 g/mol. The van der Waals surface area contributed by atoms with E-state index in [9.17, 15) is 4.79 Å². The lowest BCUT2D eigenvalue weighted by Crippen LogP contribution is -2.11. The van der Waals surface area contributed by atoms with Crippen LogP contribution in [0.15, 0.2) is 48.7 Å². The fraction of sp³-hybridized carbons (Fsp3) is 0.211. The molecule has 0 radical (unpaired) electrons. The number of amides is 1. The lowest BCUT2D eigenvalue weighted by atomic mass is 10.1. The van der Waals surface area contributed by atoms with Crippen molar-refractivity contribution in [3.8, 4) is 11.5 Å². The van der Waals surface area contributed by atoms with Crippen LogP contribution in [-0.4, -0.2) is 23.7 Å². The van der Waals surface area contributed by atoms with E-state index in [-0.39, 0.29) is 5.91 Å². The lowest BCUT2D eigenvalue weighted by Gasteiger charge is -2.10. The number of anilines is 1. The number of rotatable bonds is 2. The maximum absolute atomic E-state index is 12.5. The van der Waals surface area contributed by atoms with Crippen molar-refractivity contribution >= 4 is 22.5 Å². The zero-order valence-electron chi connectivity index (χ0n) is 13.4. The van der Waals surface area contributed by atoms with Crippen molar-refractivity contribution in [1.29, 1.82) is 0 Å². The van der Waals surface area contributed by atoms with Gasteiger partial charge in [-0.25, -0.2) is 0 Å². The van der Waals surface area contributed by atoms with E-state index in [0.717, 1.165) is 23.1 Å². The molecule has 2 heterocycles. The number of aromatic nitrogens is 1. The molecule has 5 nitrogen and oxygen atoms in total. The van der Waals surface area contributed by atoms with Crippen molar-refractivity contribution in [2.75, 3.05) is 18.5 Å². The maximum atomic E-state index is 12.5. The van der Waals surface area contributed by atoms with Crippen LogP contribution in [0.25, 0.3) is 10.9 Å². The van der Waals surface area contributed by atoms with Gasteiger partial charge >= 0.3 is 0 Å². The van der Waals surface area contributed by atoms with Crippen LogP contribution in [0.3, 0.4) is 0 Å². The molecule has 0 fully saturated rings. The summed E-state index contributed by atoms with van der Waals surface area (Å²) >= 11 is 0. The summed E-state index contributed by atoms with van der Waals surface area (Å²) in [6.07, 6.45) is 2.84. The number of aryl methyl sites for hydroxylation is 1. The molecule has 1 amide bonds. The first kappa shape index (κ1) is 14.6. The Labute approximate surface area is 139 Å². The van der Waals surface area contributed by atoms with Crippen LogP contribution in [0, 0.1) is 0 Å². The van der Waals surface area contributed by atoms with Crippen molar-refractivity contribution in [3.63, 3.8) is 0 Å². The summed E-state index contributed by atoms with van der Waals surface area (Å²) < 4.78 is 13.3. The van der Waals surface area contributed by atoms with Crippen molar-refractivity contribution in [1.82, 2.24) is 4.57 Å². The first-order chi connectivity index (χ1) is 11.7. The standard InChI is InChI=1S/C19H18N2O3/c1-21-8-7-13-11-14(3-5-16(13)21)19(22)20-15-4-6-17-18(12-15)24-10-2-9-23-17/h3-8,11-12H,2,9-10H2,1H3,(H,20,22). The molecule has 0 saturated heterocycles. The van der Waals surface area contributed by atoms with Crippen molar-refractivity contribution in [3.05, 3.63) is 54.2 Å². The summed E-state index contributed by atoms with van der Waals surface area (Å²) in [6.45, 7) is 1.27. The molecule has 0 unspecified atom stereocenters. The predicted octanol–water partition coefficient (Wildman–Crippen LogP) is 3.59. The van der Waals surface area contributed by atoms with Crippen LogP contribution in [0.5, 0.6) is 11.5 Å². The second-order valence-electron chi connectivity index (χ2n) is 5.87. The number of hydrogen-bond acceptors (Lipinski definition) is 3. The Balaban J connectivity index is 1.57. The van der Waals surface area contributed by atoms with Crippen LogP contribution in [0.2, 0.25) is 0 Å². The molecule has 2 aromatic carbocycles. The summed E-state index contributed by atoms with van der Waals surface area (Å²) in [5, 5.41) is 3.96. The van der Waals surface area contributed by atoms with E-state index < -0.39 is 0 Å². The number of benzene rings is 2. The molecule has 24 heavy (non-hydrogen) atoms. The van der Waals surface area contributed by atoms with Gasteiger partial charge in [-0.1, -0.05) is 0 Å². The Morgan fingerprint density at radius 3 is 2.75 bits per heavy atom. The van der Waals surface area contributed by atoms with E-state index in [0.29, 0.717) is 30.2 Å². The minimum atomic E-state index is -0.143. The number of ether oxygens (including phenoxy) is 2. The van der Waals surface area contributed by atoms with Crippen molar-refractivity contribution in [2.24, 2.45) is 7.05 Å². The van der Waals surface area contributed by atoms with Crippen LogP contribution in [0.1, 0.15) is 16.8 Å². The van der Waals surface area contributed by atoms with Crippen molar-refractivity contribution < 1.29 is 14.3 Å². The fourth-order valence-electron chi connectivity index (χ4n) is 2.87. The molecule has 4 rings (SSSR count). The molecule has 1 aliphatic heterocycles. The number of hydrogen-bond donors (Lipinski definition) is 1. The Kier molecular flexibility index (Phi) is 3.61. The van der Waals surface area contributed by atoms with E-state index in [4.69, 9.17) is 9.47 Å². The number of nitrogens with one attached hydrogen (secondary N) is 1. The van der Waals surface area contributed by atoms with Gasteiger partial charge in [0, 0.05) is 47.9 Å². The van der Waals surface area contributed by atoms with Gasteiger partial charge in [0.2, 0.25) is 0 Å². The van der Waals surface area contributed by atoms with E-state index in [2.05, 4.69) is 5.32 Å². The number of nitrogens with zero attached hydrogens (tertiary/aromatic N) is 1. The van der Waals surface area contributed by atoms with Crippen LogP contribution < -0.4 is 14.8 Å². The fourth-order valence-corrected chi connectivity index (χ4v) is 2.87. The normalized spacial score (nSPS) is 13.5. The van der Waals surface area contributed by atoms with Crippen LogP contribution in [0.4, 0.5) is 5.69 Å². The predicted molar refractivity (Wildman–Crippen MR) is 92.9 cm³/mol. The van der Waals surface area contributed by atoms with Gasteiger partial charge in [-0.15, -0.1) is 0 Å². The molecule has 0 spiro atoms. The Bertz CT molecular complexity index is 914. The number of carbonyl (C=O) groups is 1. The first-order valence-corrected chi connectivity index (χ1v) is 7.97. The third-order valence-electron chi connectivity index (χ3n) is 4.15. The zero-order valence-corrected chi connectivity index (χ0v) is 13.4. The van der Waals surface area contributed by atoms with Gasteiger partial charge in [0.15, 0.2) is 11.5 Å². The van der Waals surface area contributed by atoms with E-state index >= 15 is 0 Å². The minimum Gasteiger partial charge on any atom is -0.490 e. The topological polar surface area (TPSA) is 52.5 Å². The summed E-state index contributed by atoms with van der Waals surface area (Å²) in [4.78, 5) is 12.5. The lowest BCUT2D eigenvalue weighted by molar-refractivity contribution is 0.102. The quantitative estimate of drug-likeness (QED) is 0.784. The highest BCUT2D eigenvalue weighted by atomic mass is 16.5. The smallest absolute Gasteiger partial charge is 0.255 e. The summed E-state index contributed by atoms with van der Waals surface area (Å²) in [7, 11) is 1.99. The molecule has 5 heteroatoms. The minimum absolute atomic E-state index is 0.143. The highest BCUT2D eigenvalue weighted by Crippen LogP contribution is 2.32. The Hall–Kier alpha value is -2.95. The average Bonchev–Trinajstić information content (AvgIpc) is 2.81. The second kappa shape index (κ2) is 5.92. The Morgan fingerprint density at radius 1 is 1.04 bits per heavy atom.